The molecule has 0 saturated heterocycles. The predicted molar refractivity (Wildman–Crippen MR) is 105 cm³/mol. The molecule has 0 aliphatic carbocycles. The maximum absolute atomic E-state index is 12.7. The van der Waals surface area contributed by atoms with Crippen molar-refractivity contribution in [2.75, 3.05) is 12.4 Å². The summed E-state index contributed by atoms with van der Waals surface area (Å²) in [5.74, 6) is 0.532. The number of carbonyl (C=O) groups is 1. The zero-order valence-corrected chi connectivity index (χ0v) is 14.9. The highest BCUT2D eigenvalue weighted by Gasteiger charge is 2.19. The van der Waals surface area contributed by atoms with E-state index in [1.807, 2.05) is 30.3 Å². The maximum atomic E-state index is 12.7. The van der Waals surface area contributed by atoms with Crippen LogP contribution in [-0.4, -0.2) is 13.0 Å². The number of nitrogens with one attached hydrogen (secondary N) is 1. The Morgan fingerprint density at radius 1 is 1.04 bits per heavy atom. The summed E-state index contributed by atoms with van der Waals surface area (Å²) < 4.78 is 6.13. The fourth-order valence-corrected chi connectivity index (χ4v) is 4.31. The summed E-state index contributed by atoms with van der Waals surface area (Å²) in [4.78, 5) is 13.2. The standard InChI is InChI=1S/C20H14ClNO2S/c1-24-14-9-7-13(8-10-14)22-20(23)19-18(21)17-15-5-3-2-4-12(15)6-11-16(17)25-19/h2-11H,1H3,(H,22,23). The molecule has 0 aliphatic rings. The number of halogens is 1. The van der Waals surface area contributed by atoms with Gasteiger partial charge in [-0.25, -0.2) is 0 Å². The second-order valence-corrected chi connectivity index (χ2v) is 7.02. The van der Waals surface area contributed by atoms with Gasteiger partial charge in [-0.2, -0.15) is 0 Å². The molecule has 1 heterocycles. The van der Waals surface area contributed by atoms with Gasteiger partial charge in [0.2, 0.25) is 0 Å². The van der Waals surface area contributed by atoms with Gasteiger partial charge in [-0.1, -0.05) is 41.9 Å². The van der Waals surface area contributed by atoms with E-state index < -0.39 is 0 Å². The molecule has 124 valence electrons. The molecule has 0 unspecified atom stereocenters. The van der Waals surface area contributed by atoms with Gasteiger partial charge in [-0.05, 0) is 41.1 Å². The average molecular weight is 368 g/mol. The third-order valence-electron chi connectivity index (χ3n) is 4.08. The van der Waals surface area contributed by atoms with E-state index in [9.17, 15) is 4.79 Å². The van der Waals surface area contributed by atoms with Crippen molar-refractivity contribution in [1.29, 1.82) is 0 Å². The van der Waals surface area contributed by atoms with Gasteiger partial charge in [0.15, 0.2) is 0 Å². The summed E-state index contributed by atoms with van der Waals surface area (Å²) in [5.41, 5.74) is 0.698. The van der Waals surface area contributed by atoms with Crippen molar-refractivity contribution >= 4 is 55.4 Å². The maximum Gasteiger partial charge on any atom is 0.267 e. The molecule has 0 atom stereocenters. The summed E-state index contributed by atoms with van der Waals surface area (Å²) in [6.07, 6.45) is 0. The summed E-state index contributed by atoms with van der Waals surface area (Å²) in [5, 5.41) is 6.50. The van der Waals surface area contributed by atoms with Gasteiger partial charge in [0, 0.05) is 15.8 Å². The second-order valence-electron chi connectivity index (χ2n) is 5.59. The number of methoxy groups -OCH3 is 1. The van der Waals surface area contributed by atoms with Crippen molar-refractivity contribution < 1.29 is 9.53 Å². The van der Waals surface area contributed by atoms with Crippen LogP contribution in [0.15, 0.2) is 60.7 Å². The first-order chi connectivity index (χ1) is 12.2. The van der Waals surface area contributed by atoms with E-state index in [0.29, 0.717) is 15.6 Å². The van der Waals surface area contributed by atoms with Gasteiger partial charge in [-0.15, -0.1) is 11.3 Å². The van der Waals surface area contributed by atoms with Crippen molar-refractivity contribution in [3.63, 3.8) is 0 Å². The smallest absolute Gasteiger partial charge is 0.267 e. The van der Waals surface area contributed by atoms with Crippen molar-refractivity contribution in [1.82, 2.24) is 0 Å². The van der Waals surface area contributed by atoms with Gasteiger partial charge in [0.05, 0.1) is 12.1 Å². The molecule has 0 saturated carbocycles. The van der Waals surface area contributed by atoms with Crippen molar-refractivity contribution in [3.05, 3.63) is 70.6 Å². The average Bonchev–Trinajstić information content (AvgIpc) is 3.00. The van der Waals surface area contributed by atoms with E-state index in [-0.39, 0.29) is 5.91 Å². The van der Waals surface area contributed by atoms with Crippen LogP contribution in [0.4, 0.5) is 5.69 Å². The summed E-state index contributed by atoms with van der Waals surface area (Å²) in [6, 6.07) is 19.3. The molecule has 4 rings (SSSR count). The summed E-state index contributed by atoms with van der Waals surface area (Å²) in [7, 11) is 1.61. The second kappa shape index (κ2) is 6.39. The number of rotatable bonds is 3. The highest BCUT2D eigenvalue weighted by Crippen LogP contribution is 2.40. The predicted octanol–water partition coefficient (Wildman–Crippen LogP) is 5.97. The highest BCUT2D eigenvalue weighted by atomic mass is 35.5. The van der Waals surface area contributed by atoms with Gasteiger partial charge in [0.1, 0.15) is 10.6 Å². The van der Waals surface area contributed by atoms with E-state index in [2.05, 4.69) is 11.4 Å². The third-order valence-corrected chi connectivity index (χ3v) is 5.72. The van der Waals surface area contributed by atoms with Crippen LogP contribution in [0.2, 0.25) is 5.02 Å². The number of thiophene rings is 1. The van der Waals surface area contributed by atoms with Crippen LogP contribution in [0.3, 0.4) is 0 Å². The highest BCUT2D eigenvalue weighted by molar-refractivity contribution is 7.22. The van der Waals surface area contributed by atoms with E-state index in [0.717, 1.165) is 26.6 Å². The van der Waals surface area contributed by atoms with Crippen LogP contribution in [0, 0.1) is 0 Å². The number of hydrogen-bond acceptors (Lipinski definition) is 3. The third kappa shape index (κ3) is 2.84. The van der Waals surface area contributed by atoms with Gasteiger partial charge in [0.25, 0.3) is 5.91 Å². The lowest BCUT2D eigenvalue weighted by molar-refractivity contribution is 0.103. The van der Waals surface area contributed by atoms with Crippen LogP contribution in [-0.2, 0) is 0 Å². The number of amides is 1. The van der Waals surface area contributed by atoms with Crippen LogP contribution < -0.4 is 10.1 Å². The van der Waals surface area contributed by atoms with Crippen LogP contribution in [0.25, 0.3) is 20.9 Å². The van der Waals surface area contributed by atoms with Crippen LogP contribution in [0.1, 0.15) is 9.67 Å². The monoisotopic (exact) mass is 367 g/mol. The van der Waals surface area contributed by atoms with Crippen molar-refractivity contribution in [2.24, 2.45) is 0 Å². The molecule has 0 radical (unpaired) electrons. The number of ether oxygens (including phenoxy) is 1. The molecule has 0 fully saturated rings. The normalized spacial score (nSPS) is 11.0. The lowest BCUT2D eigenvalue weighted by Gasteiger charge is -2.05. The fraction of sp³-hybridized carbons (Fsp3) is 0.0500. The number of fused-ring (bicyclic) bond motifs is 3. The van der Waals surface area contributed by atoms with Crippen molar-refractivity contribution in [3.8, 4) is 5.75 Å². The topological polar surface area (TPSA) is 38.3 Å². The number of hydrogen-bond donors (Lipinski definition) is 1. The molecule has 3 aromatic carbocycles. The molecule has 0 bridgehead atoms. The minimum absolute atomic E-state index is 0.208. The van der Waals surface area contributed by atoms with E-state index in [1.54, 1.807) is 31.4 Å². The molecule has 4 aromatic rings. The molecule has 5 heteroatoms. The minimum atomic E-state index is -0.208. The van der Waals surface area contributed by atoms with Gasteiger partial charge < -0.3 is 10.1 Å². The zero-order chi connectivity index (χ0) is 17.4. The number of anilines is 1. The molecule has 1 aromatic heterocycles. The Kier molecular flexibility index (Phi) is 4.07. The Labute approximate surface area is 153 Å². The molecular formula is C20H14ClNO2S. The molecule has 25 heavy (non-hydrogen) atoms. The zero-order valence-electron chi connectivity index (χ0n) is 13.4. The van der Waals surface area contributed by atoms with E-state index in [4.69, 9.17) is 16.3 Å². The molecule has 0 aliphatic heterocycles. The first-order valence-corrected chi connectivity index (χ1v) is 8.92. The van der Waals surface area contributed by atoms with Crippen LogP contribution >= 0.6 is 22.9 Å². The Morgan fingerprint density at radius 3 is 2.56 bits per heavy atom. The molecule has 0 spiro atoms. The largest absolute Gasteiger partial charge is 0.497 e. The first-order valence-electron chi connectivity index (χ1n) is 7.72. The first kappa shape index (κ1) is 15.9. The Bertz CT molecular complexity index is 1090. The molecule has 3 nitrogen and oxygen atoms in total. The molecule has 1 amide bonds. The minimum Gasteiger partial charge on any atom is -0.497 e. The summed E-state index contributed by atoms with van der Waals surface area (Å²) >= 11 is 7.98. The Morgan fingerprint density at radius 2 is 1.80 bits per heavy atom. The van der Waals surface area contributed by atoms with Gasteiger partial charge in [-0.3, -0.25) is 4.79 Å². The quantitative estimate of drug-likeness (QED) is 0.484. The number of benzene rings is 3. The lowest BCUT2D eigenvalue weighted by atomic mass is 10.1. The van der Waals surface area contributed by atoms with Crippen molar-refractivity contribution in [2.45, 2.75) is 0 Å². The SMILES string of the molecule is COc1ccc(NC(=O)c2sc3ccc4ccccc4c3c2Cl)cc1. The molecular weight excluding hydrogens is 354 g/mol. The van der Waals surface area contributed by atoms with E-state index in [1.165, 1.54) is 11.3 Å². The number of carbonyl (C=O) groups excluding carboxylic acids is 1. The van der Waals surface area contributed by atoms with Crippen LogP contribution in [0.5, 0.6) is 5.75 Å². The molecule has 1 N–H and O–H groups in total. The fourth-order valence-electron chi connectivity index (χ4n) is 2.84. The van der Waals surface area contributed by atoms with Gasteiger partial charge >= 0.3 is 0 Å². The Balaban J connectivity index is 1.74. The summed E-state index contributed by atoms with van der Waals surface area (Å²) in [6.45, 7) is 0. The Hall–Kier alpha value is -2.56. The van der Waals surface area contributed by atoms with E-state index >= 15 is 0 Å². The lowest BCUT2D eigenvalue weighted by Crippen LogP contribution is -2.10.